The Kier molecular flexibility index (Phi) is 5.20. The number of aromatic nitrogens is 1. The molecule has 0 aliphatic rings. The summed E-state index contributed by atoms with van der Waals surface area (Å²) >= 11 is 0. The van der Waals surface area contributed by atoms with E-state index in [1.807, 2.05) is 20.8 Å². The molecule has 0 amide bonds. The SMILES string of the molecule is CCCCOc1c(OC(C)C)c(=O)[nH]c2cc([N+](=O)[O-])ccc12. The highest BCUT2D eigenvalue weighted by atomic mass is 16.6. The summed E-state index contributed by atoms with van der Waals surface area (Å²) in [4.78, 5) is 25.3. The van der Waals surface area contributed by atoms with E-state index in [1.165, 1.54) is 12.1 Å². The van der Waals surface area contributed by atoms with Gasteiger partial charge in [0.1, 0.15) is 0 Å². The summed E-state index contributed by atoms with van der Waals surface area (Å²) in [5.74, 6) is 0.443. The van der Waals surface area contributed by atoms with E-state index < -0.39 is 10.5 Å². The van der Waals surface area contributed by atoms with Crippen LogP contribution in [0.1, 0.15) is 33.6 Å². The van der Waals surface area contributed by atoms with Gasteiger partial charge < -0.3 is 14.5 Å². The van der Waals surface area contributed by atoms with E-state index in [9.17, 15) is 14.9 Å². The van der Waals surface area contributed by atoms with E-state index in [4.69, 9.17) is 9.47 Å². The number of rotatable bonds is 7. The molecular weight excluding hydrogens is 300 g/mol. The number of nitro groups is 1. The van der Waals surface area contributed by atoms with Crippen molar-refractivity contribution >= 4 is 16.6 Å². The first-order valence-corrected chi connectivity index (χ1v) is 7.58. The fourth-order valence-corrected chi connectivity index (χ4v) is 2.16. The molecule has 0 saturated heterocycles. The molecule has 124 valence electrons. The van der Waals surface area contributed by atoms with Gasteiger partial charge in [0.05, 0.1) is 23.2 Å². The van der Waals surface area contributed by atoms with Crippen molar-refractivity contribution in [2.75, 3.05) is 6.61 Å². The van der Waals surface area contributed by atoms with Crippen LogP contribution in [0, 0.1) is 10.1 Å². The molecule has 1 aromatic carbocycles. The van der Waals surface area contributed by atoms with Crippen LogP contribution in [0.3, 0.4) is 0 Å². The van der Waals surface area contributed by atoms with E-state index in [0.29, 0.717) is 23.3 Å². The first-order chi connectivity index (χ1) is 10.9. The second-order valence-electron chi connectivity index (χ2n) is 5.47. The molecule has 0 unspecified atom stereocenters. The van der Waals surface area contributed by atoms with Crippen LogP contribution in [0.4, 0.5) is 5.69 Å². The molecule has 1 aromatic heterocycles. The lowest BCUT2D eigenvalue weighted by atomic mass is 10.1. The number of benzene rings is 1. The Morgan fingerprint density at radius 3 is 2.65 bits per heavy atom. The maximum absolute atomic E-state index is 12.3. The molecule has 0 atom stereocenters. The minimum absolute atomic E-state index is 0.0924. The Morgan fingerprint density at radius 1 is 1.30 bits per heavy atom. The third kappa shape index (κ3) is 3.80. The lowest BCUT2D eigenvalue weighted by Crippen LogP contribution is -2.18. The molecule has 0 saturated carbocycles. The molecule has 0 bridgehead atoms. The van der Waals surface area contributed by atoms with Crippen molar-refractivity contribution in [3.05, 3.63) is 38.7 Å². The normalized spacial score (nSPS) is 11.0. The number of nitrogens with zero attached hydrogens (tertiary/aromatic N) is 1. The van der Waals surface area contributed by atoms with Crippen molar-refractivity contribution in [1.82, 2.24) is 4.98 Å². The standard InChI is InChI=1S/C16H20N2O5/c1-4-5-8-22-14-12-7-6-11(18(20)21)9-13(12)17-16(19)15(14)23-10(2)3/h6-7,9-10H,4-5,8H2,1-3H3,(H,17,19). The fraction of sp³-hybridized carbons (Fsp3) is 0.438. The summed E-state index contributed by atoms with van der Waals surface area (Å²) < 4.78 is 11.3. The van der Waals surface area contributed by atoms with Crippen molar-refractivity contribution in [1.29, 1.82) is 0 Å². The van der Waals surface area contributed by atoms with Crippen molar-refractivity contribution < 1.29 is 14.4 Å². The van der Waals surface area contributed by atoms with E-state index >= 15 is 0 Å². The number of non-ortho nitro benzene ring substituents is 1. The van der Waals surface area contributed by atoms with Crippen molar-refractivity contribution in [3.63, 3.8) is 0 Å². The smallest absolute Gasteiger partial charge is 0.294 e. The van der Waals surface area contributed by atoms with Gasteiger partial charge in [-0.1, -0.05) is 13.3 Å². The molecule has 0 aliphatic carbocycles. The Morgan fingerprint density at radius 2 is 2.04 bits per heavy atom. The number of nitrogens with one attached hydrogen (secondary N) is 1. The number of nitro benzene ring substituents is 1. The highest BCUT2D eigenvalue weighted by Gasteiger charge is 2.18. The van der Waals surface area contributed by atoms with Gasteiger partial charge in [0, 0.05) is 17.5 Å². The number of aromatic amines is 1. The van der Waals surface area contributed by atoms with Gasteiger partial charge in [0.2, 0.25) is 5.75 Å². The molecule has 1 heterocycles. The zero-order valence-electron chi connectivity index (χ0n) is 13.4. The Balaban J connectivity index is 2.61. The third-order valence-electron chi connectivity index (χ3n) is 3.22. The van der Waals surface area contributed by atoms with Crippen LogP contribution in [0.5, 0.6) is 11.5 Å². The maximum atomic E-state index is 12.3. The number of ether oxygens (including phenoxy) is 2. The Bertz CT molecular complexity index is 767. The molecule has 2 rings (SSSR count). The van der Waals surface area contributed by atoms with Gasteiger partial charge in [-0.2, -0.15) is 0 Å². The van der Waals surface area contributed by atoms with Crippen LogP contribution < -0.4 is 15.0 Å². The first-order valence-electron chi connectivity index (χ1n) is 7.58. The van der Waals surface area contributed by atoms with Crippen LogP contribution in [0.2, 0.25) is 0 Å². The van der Waals surface area contributed by atoms with Crippen LogP contribution in [0.25, 0.3) is 10.9 Å². The summed E-state index contributed by atoms with van der Waals surface area (Å²) in [6.45, 7) is 6.11. The zero-order valence-corrected chi connectivity index (χ0v) is 13.4. The molecule has 0 fully saturated rings. The second-order valence-corrected chi connectivity index (χ2v) is 5.47. The summed E-state index contributed by atoms with van der Waals surface area (Å²) in [5, 5.41) is 11.5. The quantitative estimate of drug-likeness (QED) is 0.479. The number of H-pyrrole nitrogens is 1. The zero-order chi connectivity index (χ0) is 17.0. The minimum Gasteiger partial charge on any atom is -0.489 e. The Hall–Kier alpha value is -2.57. The van der Waals surface area contributed by atoms with Crippen LogP contribution >= 0.6 is 0 Å². The van der Waals surface area contributed by atoms with E-state index in [0.717, 1.165) is 12.8 Å². The topological polar surface area (TPSA) is 94.5 Å². The van der Waals surface area contributed by atoms with Crippen LogP contribution in [-0.2, 0) is 0 Å². The monoisotopic (exact) mass is 320 g/mol. The molecular formula is C16H20N2O5. The van der Waals surface area contributed by atoms with Gasteiger partial charge in [-0.25, -0.2) is 0 Å². The summed E-state index contributed by atoms with van der Waals surface area (Å²) in [5.41, 5.74) is -0.199. The van der Waals surface area contributed by atoms with E-state index in [2.05, 4.69) is 4.98 Å². The third-order valence-corrected chi connectivity index (χ3v) is 3.22. The number of fused-ring (bicyclic) bond motifs is 1. The average Bonchev–Trinajstić information content (AvgIpc) is 2.49. The van der Waals surface area contributed by atoms with Gasteiger partial charge in [-0.05, 0) is 26.3 Å². The lowest BCUT2D eigenvalue weighted by molar-refractivity contribution is -0.384. The highest BCUT2D eigenvalue weighted by molar-refractivity contribution is 5.88. The molecule has 0 spiro atoms. The van der Waals surface area contributed by atoms with Gasteiger partial charge in [0.15, 0.2) is 5.75 Å². The predicted octanol–water partition coefficient (Wildman–Crippen LogP) is 3.40. The number of hydrogen-bond acceptors (Lipinski definition) is 5. The van der Waals surface area contributed by atoms with Crippen molar-refractivity contribution in [2.24, 2.45) is 0 Å². The number of hydrogen-bond donors (Lipinski definition) is 1. The van der Waals surface area contributed by atoms with E-state index in [-0.39, 0.29) is 17.5 Å². The number of unbranched alkanes of at least 4 members (excludes halogenated alkanes) is 1. The van der Waals surface area contributed by atoms with Gasteiger partial charge in [0.25, 0.3) is 11.2 Å². The summed E-state index contributed by atoms with van der Waals surface area (Å²) in [6, 6.07) is 4.27. The molecule has 7 nitrogen and oxygen atoms in total. The molecule has 23 heavy (non-hydrogen) atoms. The molecule has 0 radical (unpaired) electrons. The second kappa shape index (κ2) is 7.13. The van der Waals surface area contributed by atoms with E-state index in [1.54, 1.807) is 6.07 Å². The predicted molar refractivity (Wildman–Crippen MR) is 87.4 cm³/mol. The molecule has 7 heteroatoms. The van der Waals surface area contributed by atoms with Crippen LogP contribution in [-0.4, -0.2) is 22.6 Å². The van der Waals surface area contributed by atoms with Gasteiger partial charge in [-0.3, -0.25) is 14.9 Å². The van der Waals surface area contributed by atoms with Crippen molar-refractivity contribution in [2.45, 2.75) is 39.7 Å². The van der Waals surface area contributed by atoms with Gasteiger partial charge >= 0.3 is 0 Å². The first kappa shape index (κ1) is 16.8. The molecule has 1 N–H and O–H groups in total. The number of pyridine rings is 1. The maximum Gasteiger partial charge on any atom is 0.294 e. The van der Waals surface area contributed by atoms with Crippen LogP contribution in [0.15, 0.2) is 23.0 Å². The minimum atomic E-state index is -0.506. The molecule has 2 aromatic rings. The van der Waals surface area contributed by atoms with Crippen molar-refractivity contribution in [3.8, 4) is 11.5 Å². The Labute approximate surface area is 133 Å². The summed E-state index contributed by atoms with van der Waals surface area (Å²) in [6.07, 6.45) is 1.59. The highest BCUT2D eigenvalue weighted by Crippen LogP contribution is 2.33. The summed E-state index contributed by atoms with van der Waals surface area (Å²) in [7, 11) is 0. The van der Waals surface area contributed by atoms with Gasteiger partial charge in [-0.15, -0.1) is 0 Å². The molecule has 0 aliphatic heterocycles. The average molecular weight is 320 g/mol. The lowest BCUT2D eigenvalue weighted by Gasteiger charge is -2.16. The fourth-order valence-electron chi connectivity index (χ4n) is 2.16. The largest absolute Gasteiger partial charge is 0.489 e.